The number of ether oxygens (including phenoxy) is 1. The number of hydrogen-bond donors (Lipinski definition) is 3. The van der Waals surface area contributed by atoms with Gasteiger partial charge in [-0.1, -0.05) is 32.3 Å². The first-order valence-corrected chi connectivity index (χ1v) is 10.5. The number of nitrogens with zero attached hydrogens (tertiary/aromatic N) is 4. The molecule has 1 aromatic carbocycles. The molecule has 11 heteroatoms. The van der Waals surface area contributed by atoms with Gasteiger partial charge in [-0.15, -0.1) is 0 Å². The van der Waals surface area contributed by atoms with Crippen molar-refractivity contribution in [1.29, 1.82) is 0 Å². The Kier molecular flexibility index (Phi) is 7.90. The zero-order valence-electron chi connectivity index (χ0n) is 18.3. The van der Waals surface area contributed by atoms with E-state index in [1.165, 1.54) is 6.33 Å². The zero-order chi connectivity index (χ0) is 22.9. The Morgan fingerprint density at radius 3 is 2.66 bits per heavy atom. The molecule has 1 atom stereocenters. The van der Waals surface area contributed by atoms with Crippen LogP contribution in [0.4, 0.5) is 10.5 Å². The molecule has 3 rings (SSSR count). The molecule has 11 nitrogen and oxygen atoms in total. The molecule has 0 saturated carbocycles. The Balaban J connectivity index is 1.61. The Labute approximate surface area is 185 Å². The maximum absolute atomic E-state index is 12.6. The lowest BCUT2D eigenvalue weighted by Crippen LogP contribution is -2.33. The highest BCUT2D eigenvalue weighted by molar-refractivity contribution is 5.92. The van der Waals surface area contributed by atoms with E-state index in [-0.39, 0.29) is 23.6 Å². The van der Waals surface area contributed by atoms with Crippen molar-refractivity contribution in [2.75, 3.05) is 11.9 Å². The van der Waals surface area contributed by atoms with Crippen molar-refractivity contribution in [2.24, 2.45) is 5.92 Å². The molecule has 0 fully saturated rings. The fraction of sp³-hybridized carbons (Fsp3) is 0.429. The number of unbranched alkanes of at least 4 members (excludes halogenated alkanes) is 1. The number of carbonyl (C=O) groups excluding carboxylic acids is 2. The zero-order valence-corrected chi connectivity index (χ0v) is 18.3. The van der Waals surface area contributed by atoms with Crippen LogP contribution in [0.25, 0.3) is 11.6 Å². The lowest BCUT2D eigenvalue weighted by Gasteiger charge is -2.17. The predicted octanol–water partition coefficient (Wildman–Crippen LogP) is 3.72. The number of rotatable bonds is 10. The lowest BCUT2D eigenvalue weighted by atomic mass is 10.0. The van der Waals surface area contributed by atoms with Crippen molar-refractivity contribution in [3.8, 4) is 11.6 Å². The number of nitrogens with one attached hydrogen (secondary N) is 3. The fourth-order valence-corrected chi connectivity index (χ4v) is 2.89. The third-order valence-corrected chi connectivity index (χ3v) is 4.49. The number of amides is 2. The quantitative estimate of drug-likeness (QED) is 0.318. The van der Waals surface area contributed by atoms with Gasteiger partial charge in [-0.05, 0) is 43.0 Å². The summed E-state index contributed by atoms with van der Waals surface area (Å²) in [6.07, 6.45) is 3.71. The number of carbonyl (C=O) groups is 2. The molecule has 32 heavy (non-hydrogen) atoms. The van der Waals surface area contributed by atoms with Crippen LogP contribution in [0.5, 0.6) is 0 Å². The molecular formula is C21H27N7O4. The van der Waals surface area contributed by atoms with Crippen molar-refractivity contribution in [1.82, 2.24) is 30.6 Å². The van der Waals surface area contributed by atoms with Crippen LogP contribution in [0.15, 0.2) is 35.1 Å². The second-order valence-corrected chi connectivity index (χ2v) is 7.64. The molecule has 0 aliphatic heterocycles. The van der Waals surface area contributed by atoms with E-state index in [4.69, 9.17) is 9.26 Å². The van der Waals surface area contributed by atoms with E-state index in [2.05, 4.69) is 36.0 Å². The van der Waals surface area contributed by atoms with Crippen LogP contribution in [0.3, 0.4) is 0 Å². The minimum atomic E-state index is -0.494. The van der Waals surface area contributed by atoms with Gasteiger partial charge in [-0.25, -0.2) is 14.6 Å². The van der Waals surface area contributed by atoms with Gasteiger partial charge in [0.15, 0.2) is 5.82 Å². The first kappa shape index (κ1) is 22.9. The number of aromatic amines is 1. The first-order valence-electron chi connectivity index (χ1n) is 10.5. The molecule has 0 saturated heterocycles. The van der Waals surface area contributed by atoms with Crippen LogP contribution in [0.1, 0.15) is 62.3 Å². The SMILES string of the molecule is CCCCOC(=O)c1ccc(NC(=O)N[C@H](CC(C)C)c2nc(-c3ncn[nH]3)no2)cc1. The van der Waals surface area contributed by atoms with Crippen LogP contribution in [0, 0.1) is 5.92 Å². The molecule has 0 radical (unpaired) electrons. The largest absolute Gasteiger partial charge is 0.462 e. The molecule has 0 unspecified atom stereocenters. The highest BCUT2D eigenvalue weighted by Gasteiger charge is 2.23. The second kappa shape index (κ2) is 11.0. The van der Waals surface area contributed by atoms with Crippen LogP contribution in [-0.4, -0.2) is 43.9 Å². The van der Waals surface area contributed by atoms with E-state index in [0.717, 1.165) is 12.8 Å². The summed E-state index contributed by atoms with van der Waals surface area (Å²) in [6.45, 7) is 6.47. The Morgan fingerprint density at radius 2 is 2.00 bits per heavy atom. The van der Waals surface area contributed by atoms with Crippen LogP contribution < -0.4 is 10.6 Å². The number of urea groups is 1. The smallest absolute Gasteiger partial charge is 0.338 e. The summed E-state index contributed by atoms with van der Waals surface area (Å²) in [6, 6.07) is 5.57. The van der Waals surface area contributed by atoms with Gasteiger partial charge in [-0.2, -0.15) is 10.1 Å². The molecule has 3 aromatic rings. The Morgan fingerprint density at radius 1 is 1.22 bits per heavy atom. The molecule has 2 heterocycles. The summed E-state index contributed by atoms with van der Waals surface area (Å²) in [5.74, 6) is 0.783. The summed E-state index contributed by atoms with van der Waals surface area (Å²) in [5, 5.41) is 15.9. The maximum Gasteiger partial charge on any atom is 0.338 e. The Bertz CT molecular complexity index is 1000. The lowest BCUT2D eigenvalue weighted by molar-refractivity contribution is 0.0499. The Hall–Kier alpha value is -3.76. The normalized spacial score (nSPS) is 11.9. The van der Waals surface area contributed by atoms with Crippen LogP contribution >= 0.6 is 0 Å². The predicted molar refractivity (Wildman–Crippen MR) is 116 cm³/mol. The van der Waals surface area contributed by atoms with E-state index < -0.39 is 12.1 Å². The molecule has 0 bridgehead atoms. The molecule has 0 spiro atoms. The van der Waals surface area contributed by atoms with Crippen molar-refractivity contribution in [2.45, 2.75) is 46.1 Å². The first-order chi connectivity index (χ1) is 15.5. The number of aromatic nitrogens is 5. The molecule has 0 aliphatic carbocycles. The third kappa shape index (κ3) is 6.37. The monoisotopic (exact) mass is 441 g/mol. The van der Waals surface area contributed by atoms with Crippen LogP contribution in [-0.2, 0) is 4.74 Å². The van der Waals surface area contributed by atoms with Gasteiger partial charge in [0.05, 0.1) is 12.2 Å². The minimum Gasteiger partial charge on any atom is -0.462 e. The molecular weight excluding hydrogens is 414 g/mol. The van der Waals surface area contributed by atoms with Crippen molar-refractivity contribution >= 4 is 17.7 Å². The molecule has 2 aromatic heterocycles. The summed E-state index contributed by atoms with van der Waals surface area (Å²) < 4.78 is 10.5. The van der Waals surface area contributed by atoms with E-state index >= 15 is 0 Å². The van der Waals surface area contributed by atoms with E-state index in [1.54, 1.807) is 24.3 Å². The molecule has 0 aliphatic rings. The fourth-order valence-electron chi connectivity index (χ4n) is 2.89. The van der Waals surface area contributed by atoms with Gasteiger partial charge in [0.2, 0.25) is 11.7 Å². The van der Waals surface area contributed by atoms with E-state index in [1.807, 2.05) is 20.8 Å². The number of esters is 1. The summed E-state index contributed by atoms with van der Waals surface area (Å²) in [7, 11) is 0. The summed E-state index contributed by atoms with van der Waals surface area (Å²) >= 11 is 0. The number of benzene rings is 1. The minimum absolute atomic E-state index is 0.259. The van der Waals surface area contributed by atoms with Gasteiger partial charge in [0.25, 0.3) is 0 Å². The van der Waals surface area contributed by atoms with E-state index in [9.17, 15) is 9.59 Å². The number of hydrogen-bond acceptors (Lipinski definition) is 8. The summed E-state index contributed by atoms with van der Waals surface area (Å²) in [4.78, 5) is 32.9. The highest BCUT2D eigenvalue weighted by atomic mass is 16.5. The second-order valence-electron chi connectivity index (χ2n) is 7.64. The molecule has 3 N–H and O–H groups in total. The maximum atomic E-state index is 12.6. The molecule has 170 valence electrons. The van der Waals surface area contributed by atoms with Crippen molar-refractivity contribution < 1.29 is 18.8 Å². The van der Waals surface area contributed by atoms with Gasteiger partial charge in [0.1, 0.15) is 12.4 Å². The van der Waals surface area contributed by atoms with Gasteiger partial charge >= 0.3 is 12.0 Å². The standard InChI is InChI=1S/C21H27N7O4/c1-4-5-10-31-20(29)14-6-8-15(9-7-14)24-21(30)25-16(11-13(2)3)19-26-18(28-32-19)17-22-12-23-27-17/h6-9,12-13,16H,4-5,10-11H2,1-3H3,(H,22,23,27)(H2,24,25,30)/t16-/m1/s1. The molecule has 2 amide bonds. The number of anilines is 1. The van der Waals surface area contributed by atoms with Gasteiger partial charge in [-0.3, -0.25) is 5.10 Å². The third-order valence-electron chi connectivity index (χ3n) is 4.49. The average Bonchev–Trinajstić information content (AvgIpc) is 3.45. The van der Waals surface area contributed by atoms with Crippen molar-refractivity contribution in [3.63, 3.8) is 0 Å². The van der Waals surface area contributed by atoms with Crippen LogP contribution in [0.2, 0.25) is 0 Å². The van der Waals surface area contributed by atoms with Crippen molar-refractivity contribution in [3.05, 3.63) is 42.0 Å². The summed E-state index contributed by atoms with van der Waals surface area (Å²) in [5.41, 5.74) is 0.958. The van der Waals surface area contributed by atoms with Gasteiger partial charge in [0, 0.05) is 5.69 Å². The topological polar surface area (TPSA) is 148 Å². The highest BCUT2D eigenvalue weighted by Crippen LogP contribution is 2.22. The average molecular weight is 441 g/mol. The van der Waals surface area contributed by atoms with E-state index in [0.29, 0.717) is 30.1 Å². The van der Waals surface area contributed by atoms with Gasteiger partial charge < -0.3 is 19.9 Å². The number of H-pyrrole nitrogens is 1.